The van der Waals surface area contributed by atoms with Crippen LogP contribution in [0.25, 0.3) is 0 Å². The lowest BCUT2D eigenvalue weighted by molar-refractivity contribution is -0.114. The molecule has 18 heavy (non-hydrogen) atoms. The summed E-state index contributed by atoms with van der Waals surface area (Å²) in [5, 5.41) is 0. The summed E-state index contributed by atoms with van der Waals surface area (Å²) in [5.74, 6) is 0.0689. The lowest BCUT2D eigenvalue weighted by Crippen LogP contribution is -2.11. The maximum Gasteiger partial charge on any atom is 0.163 e. The van der Waals surface area contributed by atoms with Crippen molar-refractivity contribution in [3.05, 3.63) is 47.0 Å². The third-order valence-corrected chi connectivity index (χ3v) is 3.14. The Hall–Kier alpha value is -1.70. The highest BCUT2D eigenvalue weighted by atomic mass is 16.1. The van der Waals surface area contributed by atoms with Gasteiger partial charge in [-0.2, -0.15) is 0 Å². The number of ketones is 1. The molecule has 0 N–H and O–H groups in total. The van der Waals surface area contributed by atoms with E-state index in [1.165, 1.54) is 16.7 Å². The molecule has 2 heteroatoms. The van der Waals surface area contributed by atoms with Crippen molar-refractivity contribution >= 4 is 11.5 Å². The van der Waals surface area contributed by atoms with Gasteiger partial charge in [0.15, 0.2) is 5.78 Å². The third-order valence-electron chi connectivity index (χ3n) is 3.14. The van der Waals surface area contributed by atoms with Gasteiger partial charge in [-0.25, -0.2) is 0 Å². The highest BCUT2D eigenvalue weighted by molar-refractivity contribution is 6.09. The highest BCUT2D eigenvalue weighted by Crippen LogP contribution is 2.12. The summed E-state index contributed by atoms with van der Waals surface area (Å²) in [5.41, 5.74) is 5.26. The van der Waals surface area contributed by atoms with E-state index in [4.69, 9.17) is 0 Å². The molecule has 1 aromatic rings. The van der Waals surface area contributed by atoms with Crippen LogP contribution in [0, 0.1) is 13.8 Å². The second kappa shape index (κ2) is 6.29. The first-order valence-electron chi connectivity index (χ1n) is 6.13. The molecule has 0 aromatic heterocycles. The van der Waals surface area contributed by atoms with Crippen molar-refractivity contribution in [2.24, 2.45) is 4.99 Å². The summed E-state index contributed by atoms with van der Waals surface area (Å²) in [7, 11) is 1.74. The second-order valence-corrected chi connectivity index (χ2v) is 4.77. The Balaban J connectivity index is 2.78. The smallest absolute Gasteiger partial charge is 0.163 e. The fourth-order valence-electron chi connectivity index (χ4n) is 1.71. The molecule has 96 valence electrons. The molecule has 0 spiro atoms. The van der Waals surface area contributed by atoms with E-state index in [9.17, 15) is 4.79 Å². The number of carbonyl (C=O) groups is 1. The molecule has 0 atom stereocenters. The van der Waals surface area contributed by atoms with Crippen molar-refractivity contribution in [3.63, 3.8) is 0 Å². The summed E-state index contributed by atoms with van der Waals surface area (Å²) < 4.78 is 0. The molecule has 0 bridgehead atoms. The first-order valence-corrected chi connectivity index (χ1v) is 6.13. The molecule has 0 saturated heterocycles. The predicted molar refractivity (Wildman–Crippen MR) is 77.4 cm³/mol. The lowest BCUT2D eigenvalue weighted by Gasteiger charge is -2.08. The SMILES string of the molecule is C=C(C)C(=O)CC(Cc1ccc(C)c(C)c1)=NC. The number of aliphatic imine (C=N–C) groups is 1. The Bertz CT molecular complexity index is 498. The van der Waals surface area contributed by atoms with Gasteiger partial charge in [-0.1, -0.05) is 24.8 Å². The van der Waals surface area contributed by atoms with Crippen molar-refractivity contribution in [1.82, 2.24) is 0 Å². The number of allylic oxidation sites excluding steroid dienone is 1. The van der Waals surface area contributed by atoms with Gasteiger partial charge in [-0.15, -0.1) is 0 Å². The molecule has 0 radical (unpaired) electrons. The normalized spacial score (nSPS) is 11.4. The fraction of sp³-hybridized carbons (Fsp3) is 0.375. The Morgan fingerprint density at radius 2 is 1.94 bits per heavy atom. The zero-order valence-corrected chi connectivity index (χ0v) is 11.7. The van der Waals surface area contributed by atoms with Crippen LogP contribution in [-0.4, -0.2) is 18.5 Å². The van der Waals surface area contributed by atoms with E-state index in [-0.39, 0.29) is 5.78 Å². The lowest BCUT2D eigenvalue weighted by atomic mass is 9.99. The van der Waals surface area contributed by atoms with Crippen LogP contribution in [0.4, 0.5) is 0 Å². The van der Waals surface area contributed by atoms with Crippen LogP contribution in [0.15, 0.2) is 35.3 Å². The molecular weight excluding hydrogens is 222 g/mol. The van der Waals surface area contributed by atoms with Gasteiger partial charge >= 0.3 is 0 Å². The van der Waals surface area contributed by atoms with Crippen molar-refractivity contribution in [2.75, 3.05) is 7.05 Å². The molecule has 0 fully saturated rings. The number of hydrogen-bond acceptors (Lipinski definition) is 2. The first-order chi connectivity index (χ1) is 8.43. The van der Waals surface area contributed by atoms with E-state index >= 15 is 0 Å². The van der Waals surface area contributed by atoms with Crippen molar-refractivity contribution in [1.29, 1.82) is 0 Å². The monoisotopic (exact) mass is 243 g/mol. The molecule has 1 aromatic carbocycles. The van der Waals surface area contributed by atoms with Gasteiger partial charge in [0.2, 0.25) is 0 Å². The third kappa shape index (κ3) is 3.95. The maximum absolute atomic E-state index is 11.6. The van der Waals surface area contributed by atoms with Crippen LogP contribution in [0.3, 0.4) is 0 Å². The molecule has 2 nitrogen and oxygen atoms in total. The minimum absolute atomic E-state index is 0.0689. The van der Waals surface area contributed by atoms with E-state index in [0.717, 1.165) is 12.1 Å². The van der Waals surface area contributed by atoms with Crippen molar-refractivity contribution in [2.45, 2.75) is 33.6 Å². The molecule has 0 saturated carbocycles. The number of nitrogens with zero attached hydrogens (tertiary/aromatic N) is 1. The van der Waals surface area contributed by atoms with Crippen LogP contribution in [0.2, 0.25) is 0 Å². The fourth-order valence-corrected chi connectivity index (χ4v) is 1.71. The topological polar surface area (TPSA) is 29.4 Å². The molecule has 0 aliphatic carbocycles. The maximum atomic E-state index is 11.6. The second-order valence-electron chi connectivity index (χ2n) is 4.77. The largest absolute Gasteiger partial charge is 0.297 e. The molecule has 0 unspecified atom stereocenters. The predicted octanol–water partition coefficient (Wildman–Crippen LogP) is 3.45. The zero-order chi connectivity index (χ0) is 13.7. The number of hydrogen-bond donors (Lipinski definition) is 0. The number of carbonyl (C=O) groups excluding carboxylic acids is 1. The van der Waals surface area contributed by atoms with Gasteiger partial charge in [-0.05, 0) is 43.0 Å². The Labute approximate surface area is 109 Å². The van der Waals surface area contributed by atoms with Crippen molar-refractivity contribution in [3.8, 4) is 0 Å². The van der Waals surface area contributed by atoms with Gasteiger partial charge in [-0.3, -0.25) is 9.79 Å². The van der Waals surface area contributed by atoms with Crippen LogP contribution >= 0.6 is 0 Å². The zero-order valence-electron chi connectivity index (χ0n) is 11.7. The van der Waals surface area contributed by atoms with E-state index in [1.807, 2.05) is 0 Å². The standard InChI is InChI=1S/C16H21NO/c1-11(2)16(18)10-15(17-5)9-14-7-6-12(3)13(4)8-14/h6-8H,1,9-10H2,2-5H3. The first kappa shape index (κ1) is 14.4. The summed E-state index contributed by atoms with van der Waals surface area (Å²) in [6.45, 7) is 9.61. The van der Waals surface area contributed by atoms with Crippen LogP contribution in [0.5, 0.6) is 0 Å². The number of benzene rings is 1. The van der Waals surface area contributed by atoms with Gasteiger partial charge in [0.05, 0.1) is 0 Å². The van der Waals surface area contributed by atoms with Gasteiger partial charge in [0, 0.05) is 25.6 Å². The minimum atomic E-state index is 0.0689. The summed E-state index contributed by atoms with van der Waals surface area (Å²) >= 11 is 0. The minimum Gasteiger partial charge on any atom is -0.297 e. The summed E-state index contributed by atoms with van der Waals surface area (Å²) in [6.07, 6.45) is 1.11. The highest BCUT2D eigenvalue weighted by Gasteiger charge is 2.09. The van der Waals surface area contributed by atoms with E-state index in [0.29, 0.717) is 12.0 Å². The van der Waals surface area contributed by atoms with E-state index in [1.54, 1.807) is 14.0 Å². The van der Waals surface area contributed by atoms with Crippen LogP contribution in [-0.2, 0) is 11.2 Å². The van der Waals surface area contributed by atoms with Gasteiger partial charge in [0.25, 0.3) is 0 Å². The molecular formula is C16H21NO. The summed E-state index contributed by atoms with van der Waals surface area (Å²) in [4.78, 5) is 15.9. The molecule has 1 rings (SSSR count). The molecule has 0 aliphatic rings. The van der Waals surface area contributed by atoms with Gasteiger partial charge in [0.1, 0.15) is 0 Å². The average Bonchev–Trinajstić information content (AvgIpc) is 2.32. The van der Waals surface area contributed by atoms with Crippen molar-refractivity contribution < 1.29 is 4.79 Å². The Morgan fingerprint density at radius 3 is 2.44 bits per heavy atom. The Kier molecular flexibility index (Phi) is 5.02. The summed E-state index contributed by atoms with van der Waals surface area (Å²) in [6, 6.07) is 6.36. The number of Topliss-reactive ketones (excluding diaryl/α,β-unsaturated/α-hetero) is 1. The molecule has 0 aliphatic heterocycles. The van der Waals surface area contributed by atoms with Crippen LogP contribution < -0.4 is 0 Å². The quantitative estimate of drug-likeness (QED) is 0.575. The van der Waals surface area contributed by atoms with E-state index < -0.39 is 0 Å². The average molecular weight is 243 g/mol. The Morgan fingerprint density at radius 1 is 1.28 bits per heavy atom. The van der Waals surface area contributed by atoms with Crippen LogP contribution in [0.1, 0.15) is 30.0 Å². The van der Waals surface area contributed by atoms with Gasteiger partial charge < -0.3 is 0 Å². The molecule has 0 amide bonds. The number of rotatable bonds is 5. The number of aryl methyl sites for hydroxylation is 2. The molecule has 0 heterocycles. The van der Waals surface area contributed by atoms with E-state index in [2.05, 4.69) is 43.6 Å².